The van der Waals surface area contributed by atoms with Crippen LogP contribution in [0.3, 0.4) is 0 Å². The van der Waals surface area contributed by atoms with Crippen molar-refractivity contribution < 1.29 is 36.4 Å². The van der Waals surface area contributed by atoms with Gasteiger partial charge in [-0.1, -0.05) is 6.08 Å². The van der Waals surface area contributed by atoms with Crippen LogP contribution in [0.4, 0.5) is 0 Å². The van der Waals surface area contributed by atoms with Gasteiger partial charge < -0.3 is 14.6 Å². The van der Waals surface area contributed by atoms with Gasteiger partial charge in [0.15, 0.2) is 6.29 Å². The second kappa shape index (κ2) is 10.2. The molecule has 0 spiro atoms. The van der Waals surface area contributed by atoms with Crippen molar-refractivity contribution in [2.75, 3.05) is 14.2 Å². The van der Waals surface area contributed by atoms with Gasteiger partial charge in [-0.05, 0) is 19.3 Å². The Hall–Kier alpha value is -0.351. The van der Waals surface area contributed by atoms with Crippen LogP contribution in [0.1, 0.15) is 19.3 Å². The second-order valence-corrected chi connectivity index (χ2v) is 2.98. The number of unbranched alkanes of at least 4 members (excludes halogenated alkanes) is 1. The molecule has 0 amide bonds. The first kappa shape index (κ1) is 17.1. The number of carbonyl (C=O) groups excluding carboxylic acids is 1. The Balaban J connectivity index is 0. The molecule has 4 nitrogen and oxygen atoms in total. The second-order valence-electron chi connectivity index (χ2n) is 2.98. The third kappa shape index (κ3) is 6.68. The van der Waals surface area contributed by atoms with Crippen molar-refractivity contribution >= 4 is 5.97 Å². The summed E-state index contributed by atoms with van der Waals surface area (Å²) in [5.74, 6) is -1.05. The van der Waals surface area contributed by atoms with Gasteiger partial charge in [0.05, 0.1) is 7.11 Å². The Morgan fingerprint density at radius 2 is 2.13 bits per heavy atom. The maximum Gasteiger partial charge on any atom is 0.313 e. The number of hydrogen-bond donors (Lipinski definition) is 1. The molecule has 2 atom stereocenters. The molecule has 0 saturated carbocycles. The molecular formula is C10H18MnO4. The minimum atomic E-state index is -1.09. The van der Waals surface area contributed by atoms with Crippen molar-refractivity contribution in [1.82, 2.24) is 0 Å². The van der Waals surface area contributed by atoms with Crippen molar-refractivity contribution in [1.29, 1.82) is 0 Å². The standard InChI is InChI=1S/C10H18O4.Mn/c1-4-5-6-7-8(9(11)13-2)10(12)14-3;/h4,8-9,11H,1,5-7H2,2-3H3;. The molecule has 0 aromatic rings. The van der Waals surface area contributed by atoms with Gasteiger partial charge in [-0.3, -0.25) is 4.79 Å². The summed E-state index contributed by atoms with van der Waals surface area (Å²) in [7, 11) is 2.65. The fourth-order valence-electron chi connectivity index (χ4n) is 1.17. The molecule has 0 aliphatic rings. The number of aliphatic hydroxyl groups is 1. The molecule has 0 saturated heterocycles. The van der Waals surface area contributed by atoms with Crippen LogP contribution in [0, 0.1) is 5.92 Å². The smallest absolute Gasteiger partial charge is 0.313 e. The minimum absolute atomic E-state index is 0. The Morgan fingerprint density at radius 1 is 1.53 bits per heavy atom. The zero-order valence-corrected chi connectivity index (χ0v) is 10.3. The number of aliphatic hydroxyl groups excluding tert-OH is 1. The molecule has 1 radical (unpaired) electrons. The number of allylic oxidation sites excluding steroid dienone is 1. The third-order valence-corrected chi connectivity index (χ3v) is 2.01. The van der Waals surface area contributed by atoms with Gasteiger partial charge in [-0.2, -0.15) is 0 Å². The monoisotopic (exact) mass is 257 g/mol. The van der Waals surface area contributed by atoms with Crippen LogP contribution in [-0.2, 0) is 31.3 Å². The molecule has 2 unspecified atom stereocenters. The van der Waals surface area contributed by atoms with E-state index in [2.05, 4.69) is 11.3 Å². The van der Waals surface area contributed by atoms with E-state index < -0.39 is 18.2 Å². The maximum absolute atomic E-state index is 11.2. The summed E-state index contributed by atoms with van der Waals surface area (Å²) in [5, 5.41) is 9.37. The van der Waals surface area contributed by atoms with Gasteiger partial charge in [0, 0.05) is 24.2 Å². The fraction of sp³-hybridized carbons (Fsp3) is 0.700. The van der Waals surface area contributed by atoms with Gasteiger partial charge >= 0.3 is 5.97 Å². The minimum Gasteiger partial charge on any atom is -0.469 e. The fourth-order valence-corrected chi connectivity index (χ4v) is 1.17. The molecule has 0 aromatic heterocycles. The van der Waals surface area contributed by atoms with E-state index in [1.54, 1.807) is 6.08 Å². The summed E-state index contributed by atoms with van der Waals surface area (Å²) < 4.78 is 9.26. The van der Waals surface area contributed by atoms with Gasteiger partial charge in [0.25, 0.3) is 0 Å². The molecule has 1 N–H and O–H groups in total. The predicted molar refractivity (Wildman–Crippen MR) is 52.6 cm³/mol. The van der Waals surface area contributed by atoms with E-state index in [0.717, 1.165) is 12.8 Å². The summed E-state index contributed by atoms with van der Waals surface area (Å²) in [6.45, 7) is 3.58. The van der Waals surface area contributed by atoms with Gasteiger partial charge in [0.2, 0.25) is 0 Å². The molecular weight excluding hydrogens is 239 g/mol. The van der Waals surface area contributed by atoms with Crippen LogP contribution in [0.15, 0.2) is 12.7 Å². The van der Waals surface area contributed by atoms with E-state index in [-0.39, 0.29) is 17.1 Å². The molecule has 0 aliphatic heterocycles. The Morgan fingerprint density at radius 3 is 2.53 bits per heavy atom. The number of esters is 1. The van der Waals surface area contributed by atoms with Crippen molar-refractivity contribution in [3.05, 3.63) is 12.7 Å². The molecule has 0 aliphatic carbocycles. The van der Waals surface area contributed by atoms with Gasteiger partial charge in [-0.15, -0.1) is 6.58 Å². The molecule has 5 heteroatoms. The molecule has 15 heavy (non-hydrogen) atoms. The summed E-state index contributed by atoms with van der Waals surface area (Å²) in [6, 6.07) is 0. The van der Waals surface area contributed by atoms with E-state index in [4.69, 9.17) is 4.74 Å². The van der Waals surface area contributed by atoms with E-state index >= 15 is 0 Å². The predicted octanol–water partition coefficient (Wildman–Crippen LogP) is 1.09. The first-order chi connectivity index (χ1) is 6.67. The summed E-state index contributed by atoms with van der Waals surface area (Å²) in [4.78, 5) is 11.2. The van der Waals surface area contributed by atoms with E-state index in [9.17, 15) is 9.90 Å². The normalized spacial score (nSPS) is 13.5. The first-order valence-electron chi connectivity index (χ1n) is 4.57. The van der Waals surface area contributed by atoms with Gasteiger partial charge in [0.1, 0.15) is 5.92 Å². The molecule has 0 rings (SSSR count). The van der Waals surface area contributed by atoms with E-state index in [0.29, 0.717) is 6.42 Å². The molecule has 0 aromatic carbocycles. The average molecular weight is 257 g/mol. The van der Waals surface area contributed by atoms with Crippen LogP contribution in [-0.4, -0.2) is 31.6 Å². The van der Waals surface area contributed by atoms with Crippen LogP contribution in [0.2, 0.25) is 0 Å². The summed E-state index contributed by atoms with van der Waals surface area (Å²) >= 11 is 0. The van der Waals surface area contributed by atoms with Crippen molar-refractivity contribution in [2.24, 2.45) is 5.92 Å². The van der Waals surface area contributed by atoms with Crippen LogP contribution < -0.4 is 0 Å². The number of hydrogen-bond acceptors (Lipinski definition) is 4. The number of ether oxygens (including phenoxy) is 2. The molecule has 0 fully saturated rings. The Bertz CT molecular complexity index is 184. The number of rotatable bonds is 7. The largest absolute Gasteiger partial charge is 0.469 e. The Kier molecular flexibility index (Phi) is 11.6. The SMILES string of the molecule is C=CCCCC(C(=O)OC)C(O)OC.[Mn]. The van der Waals surface area contributed by atoms with E-state index in [1.165, 1.54) is 14.2 Å². The van der Waals surface area contributed by atoms with Crippen LogP contribution in [0.25, 0.3) is 0 Å². The summed E-state index contributed by atoms with van der Waals surface area (Å²) in [6.07, 6.45) is 2.81. The zero-order valence-electron chi connectivity index (χ0n) is 9.11. The van der Waals surface area contributed by atoms with Crippen molar-refractivity contribution in [3.8, 4) is 0 Å². The Labute approximate surface area is 101 Å². The number of carbonyl (C=O) groups is 1. The zero-order chi connectivity index (χ0) is 11.0. The average Bonchev–Trinajstić information content (AvgIpc) is 2.22. The van der Waals surface area contributed by atoms with Crippen molar-refractivity contribution in [3.63, 3.8) is 0 Å². The van der Waals surface area contributed by atoms with Crippen molar-refractivity contribution in [2.45, 2.75) is 25.6 Å². The molecule has 0 heterocycles. The first-order valence-corrected chi connectivity index (χ1v) is 4.57. The van der Waals surface area contributed by atoms with Crippen LogP contribution >= 0.6 is 0 Å². The van der Waals surface area contributed by atoms with Gasteiger partial charge in [-0.25, -0.2) is 0 Å². The quantitative estimate of drug-likeness (QED) is 0.244. The van der Waals surface area contributed by atoms with E-state index in [1.807, 2.05) is 0 Å². The summed E-state index contributed by atoms with van der Waals surface area (Å²) in [5.41, 5.74) is 0. The molecule has 89 valence electrons. The maximum atomic E-state index is 11.2. The molecule has 0 bridgehead atoms. The van der Waals surface area contributed by atoms with Crippen LogP contribution in [0.5, 0.6) is 0 Å². The number of methoxy groups -OCH3 is 2. The topological polar surface area (TPSA) is 55.8 Å². The third-order valence-electron chi connectivity index (χ3n) is 2.01.